The summed E-state index contributed by atoms with van der Waals surface area (Å²) in [6.07, 6.45) is 3.31. The molecule has 0 spiro atoms. The van der Waals surface area contributed by atoms with Gasteiger partial charge in [0.15, 0.2) is 5.58 Å². The minimum absolute atomic E-state index is 0.207. The van der Waals surface area contributed by atoms with E-state index in [-0.39, 0.29) is 11.0 Å². The number of hydrogen-bond acceptors (Lipinski definition) is 8. The fourth-order valence-corrected chi connectivity index (χ4v) is 4.85. The second kappa shape index (κ2) is 10.4. The first-order valence-electron chi connectivity index (χ1n) is 13.7. The van der Waals surface area contributed by atoms with E-state index in [0.29, 0.717) is 39.8 Å². The molecule has 2 amide bonds. The Morgan fingerprint density at radius 1 is 0.953 bits per heavy atom. The summed E-state index contributed by atoms with van der Waals surface area (Å²) in [6.45, 7) is 8.10. The van der Waals surface area contributed by atoms with Crippen LogP contribution in [0.15, 0.2) is 70.2 Å². The van der Waals surface area contributed by atoms with Crippen molar-refractivity contribution >= 4 is 45.5 Å². The van der Waals surface area contributed by atoms with Crippen LogP contribution in [-0.2, 0) is 12.5 Å². The smallest absolute Gasteiger partial charge is 0.324 e. The number of carbonyl (C=O) groups excluding carboxylic acids is 1. The van der Waals surface area contributed by atoms with Crippen molar-refractivity contribution in [3.05, 3.63) is 82.5 Å². The third-order valence-corrected chi connectivity index (χ3v) is 7.26. The molecule has 12 nitrogen and oxygen atoms in total. The molecule has 0 radical (unpaired) electrons. The molecule has 0 aliphatic heterocycles. The van der Waals surface area contributed by atoms with Crippen LogP contribution < -0.4 is 21.5 Å². The minimum Gasteiger partial charge on any atom is -0.357 e. The molecule has 0 saturated heterocycles. The Kier molecular flexibility index (Phi) is 6.68. The third kappa shape index (κ3) is 5.18. The Hall–Kier alpha value is -5.52. The molecule has 2 aromatic carbocycles. The number of aromatic nitrogens is 6. The molecule has 4 aromatic heterocycles. The fraction of sp³-hybridized carbons (Fsp3) is 0.226. The summed E-state index contributed by atoms with van der Waals surface area (Å²) >= 11 is 0. The number of rotatable bonds is 5. The summed E-state index contributed by atoms with van der Waals surface area (Å²) in [5.74, 6) is 0.925. The number of amides is 2. The van der Waals surface area contributed by atoms with Gasteiger partial charge in [0.2, 0.25) is 5.95 Å². The largest absolute Gasteiger partial charge is 0.357 e. The molecule has 0 fully saturated rings. The van der Waals surface area contributed by atoms with Crippen molar-refractivity contribution < 1.29 is 9.32 Å². The van der Waals surface area contributed by atoms with Crippen LogP contribution in [0.25, 0.3) is 38.8 Å². The second-order valence-electron chi connectivity index (χ2n) is 11.4. The van der Waals surface area contributed by atoms with E-state index in [2.05, 4.69) is 51.8 Å². The molecule has 3 N–H and O–H groups in total. The number of pyridine rings is 1. The quantitative estimate of drug-likeness (QED) is 0.240. The van der Waals surface area contributed by atoms with Gasteiger partial charge in [-0.3, -0.25) is 14.7 Å². The number of aryl methyl sites for hydroxylation is 2. The van der Waals surface area contributed by atoms with E-state index >= 15 is 0 Å². The molecule has 218 valence electrons. The van der Waals surface area contributed by atoms with Gasteiger partial charge in [-0.15, -0.1) is 0 Å². The monoisotopic (exact) mass is 577 g/mol. The zero-order chi connectivity index (χ0) is 30.5. The standard InChI is InChI=1S/C31H31N9O3/c1-17-7-8-20(13-22(17)23-12-19-15-33-29(32-5)37-27(19)39(6)28(23)41)35-30(42)36-26-14-25(31(2,3)4)38-40(26)21-9-10-24-18(11-21)16-34-43-24/h7-16H,1-6H3,(H,32,33,37)(H2,35,36,42). The van der Waals surface area contributed by atoms with Crippen molar-refractivity contribution in [2.75, 3.05) is 23.0 Å². The van der Waals surface area contributed by atoms with E-state index < -0.39 is 6.03 Å². The summed E-state index contributed by atoms with van der Waals surface area (Å²) in [6, 6.07) is 14.2. The molecule has 6 rings (SSSR count). The van der Waals surface area contributed by atoms with Gasteiger partial charge < -0.3 is 15.2 Å². The Balaban J connectivity index is 1.32. The number of hydrogen-bond donors (Lipinski definition) is 3. The molecule has 0 bridgehead atoms. The molecule has 12 heteroatoms. The van der Waals surface area contributed by atoms with Crippen LogP contribution in [0, 0.1) is 6.92 Å². The van der Waals surface area contributed by atoms with E-state index in [9.17, 15) is 9.59 Å². The van der Waals surface area contributed by atoms with E-state index in [1.807, 2.05) is 37.3 Å². The Labute approximate surface area is 246 Å². The van der Waals surface area contributed by atoms with Gasteiger partial charge in [0.05, 0.1) is 17.6 Å². The normalized spacial score (nSPS) is 11.7. The van der Waals surface area contributed by atoms with Crippen molar-refractivity contribution in [1.29, 1.82) is 0 Å². The Morgan fingerprint density at radius 2 is 1.77 bits per heavy atom. The van der Waals surface area contributed by atoms with Gasteiger partial charge in [-0.1, -0.05) is 32.0 Å². The fourth-order valence-electron chi connectivity index (χ4n) is 4.85. The van der Waals surface area contributed by atoms with Crippen molar-refractivity contribution in [2.24, 2.45) is 7.05 Å². The number of benzene rings is 2. The van der Waals surface area contributed by atoms with Gasteiger partial charge >= 0.3 is 6.03 Å². The first-order valence-corrected chi connectivity index (χ1v) is 13.7. The molecular formula is C31H31N9O3. The number of anilines is 3. The average molecular weight is 578 g/mol. The highest BCUT2D eigenvalue weighted by molar-refractivity contribution is 6.00. The lowest BCUT2D eigenvalue weighted by atomic mass is 9.92. The number of nitrogens with zero attached hydrogens (tertiary/aromatic N) is 6. The first-order chi connectivity index (χ1) is 20.5. The molecule has 0 aliphatic carbocycles. The van der Waals surface area contributed by atoms with Crippen molar-refractivity contribution in [2.45, 2.75) is 33.1 Å². The lowest BCUT2D eigenvalue weighted by Crippen LogP contribution is -2.22. The second-order valence-corrected chi connectivity index (χ2v) is 11.4. The van der Waals surface area contributed by atoms with E-state index in [1.165, 1.54) is 4.57 Å². The maximum atomic E-state index is 13.4. The summed E-state index contributed by atoms with van der Waals surface area (Å²) in [7, 11) is 3.40. The van der Waals surface area contributed by atoms with Crippen molar-refractivity contribution in [3.63, 3.8) is 0 Å². The zero-order valence-corrected chi connectivity index (χ0v) is 24.7. The summed E-state index contributed by atoms with van der Waals surface area (Å²) < 4.78 is 8.43. The molecular weight excluding hydrogens is 546 g/mol. The zero-order valence-electron chi connectivity index (χ0n) is 24.7. The van der Waals surface area contributed by atoms with E-state index in [4.69, 9.17) is 9.62 Å². The van der Waals surface area contributed by atoms with Crippen LogP contribution in [0.3, 0.4) is 0 Å². The Morgan fingerprint density at radius 3 is 2.53 bits per heavy atom. The highest BCUT2D eigenvalue weighted by atomic mass is 16.5. The van der Waals surface area contributed by atoms with Crippen LogP contribution in [0.1, 0.15) is 32.0 Å². The van der Waals surface area contributed by atoms with Gasteiger partial charge in [-0.2, -0.15) is 10.1 Å². The number of carbonyl (C=O) groups is 1. The molecule has 0 aliphatic rings. The van der Waals surface area contributed by atoms with Gasteiger partial charge in [-0.05, 0) is 54.4 Å². The maximum absolute atomic E-state index is 13.4. The summed E-state index contributed by atoms with van der Waals surface area (Å²) in [4.78, 5) is 35.4. The van der Waals surface area contributed by atoms with Crippen molar-refractivity contribution in [1.82, 2.24) is 29.5 Å². The van der Waals surface area contributed by atoms with Crippen molar-refractivity contribution in [3.8, 4) is 16.8 Å². The maximum Gasteiger partial charge on any atom is 0.324 e. The van der Waals surface area contributed by atoms with Crippen LogP contribution in [0.2, 0.25) is 0 Å². The average Bonchev–Trinajstić information content (AvgIpc) is 3.62. The van der Waals surface area contributed by atoms with Gasteiger partial charge in [-0.25, -0.2) is 14.5 Å². The number of fused-ring (bicyclic) bond motifs is 2. The topological polar surface area (TPSA) is 145 Å². The molecule has 0 unspecified atom stereocenters. The molecule has 0 saturated carbocycles. The van der Waals surface area contributed by atoms with Gasteiger partial charge in [0.25, 0.3) is 5.56 Å². The lowest BCUT2D eigenvalue weighted by molar-refractivity contribution is 0.262. The van der Waals surface area contributed by atoms with Crippen LogP contribution >= 0.6 is 0 Å². The predicted molar refractivity (Wildman–Crippen MR) is 167 cm³/mol. The predicted octanol–water partition coefficient (Wildman–Crippen LogP) is 5.61. The highest BCUT2D eigenvalue weighted by Crippen LogP contribution is 2.29. The van der Waals surface area contributed by atoms with Crippen LogP contribution in [-0.4, -0.2) is 42.6 Å². The van der Waals surface area contributed by atoms with Crippen LogP contribution in [0.4, 0.5) is 22.2 Å². The first kappa shape index (κ1) is 27.6. The molecule has 4 heterocycles. The molecule has 43 heavy (non-hydrogen) atoms. The third-order valence-electron chi connectivity index (χ3n) is 7.26. The molecule has 0 atom stereocenters. The van der Waals surface area contributed by atoms with Crippen LogP contribution in [0.5, 0.6) is 0 Å². The number of nitrogens with one attached hydrogen (secondary N) is 3. The van der Waals surface area contributed by atoms with Gasteiger partial charge in [0, 0.05) is 53.8 Å². The minimum atomic E-state index is -0.457. The Bertz CT molecular complexity index is 2080. The lowest BCUT2D eigenvalue weighted by Gasteiger charge is -2.14. The SMILES string of the molecule is CNc1ncc2cc(-c3cc(NC(=O)Nc4cc(C(C)(C)C)nn4-c4ccc5oncc5c4)ccc3C)c(=O)n(C)c2n1. The van der Waals surface area contributed by atoms with E-state index in [1.54, 1.807) is 49.4 Å². The van der Waals surface area contributed by atoms with E-state index in [0.717, 1.165) is 27.7 Å². The molecule has 6 aromatic rings. The van der Waals surface area contributed by atoms with Gasteiger partial charge in [0.1, 0.15) is 11.5 Å². The summed E-state index contributed by atoms with van der Waals surface area (Å²) in [5.41, 5.74) is 4.86. The summed E-state index contributed by atoms with van der Waals surface area (Å²) in [5, 5.41) is 18.9. The number of urea groups is 1. The highest BCUT2D eigenvalue weighted by Gasteiger charge is 2.22.